The molecule has 0 aliphatic carbocycles. The smallest absolute Gasteiger partial charge is 0.120 e. The number of aliphatic hydroxyl groups excluding tert-OH is 1. The molecule has 21 heavy (non-hydrogen) atoms. The summed E-state index contributed by atoms with van der Waals surface area (Å²) in [7, 11) is 0. The summed E-state index contributed by atoms with van der Waals surface area (Å²) in [5.74, 6) is 0.584. The summed E-state index contributed by atoms with van der Waals surface area (Å²) in [4.78, 5) is 4.02. The predicted octanol–water partition coefficient (Wildman–Crippen LogP) is 1.48. The van der Waals surface area contributed by atoms with Crippen LogP contribution in [-0.4, -0.2) is 29.3 Å². The Bertz CT molecular complexity index is 596. The molecule has 2 N–H and O–H groups in total. The molecule has 1 atom stereocenters. The van der Waals surface area contributed by atoms with E-state index < -0.39 is 6.10 Å². The first kappa shape index (κ1) is 15.0. The summed E-state index contributed by atoms with van der Waals surface area (Å²) in [5, 5.41) is 21.8. The van der Waals surface area contributed by atoms with Gasteiger partial charge in [-0.05, 0) is 29.8 Å². The third kappa shape index (κ3) is 5.22. The standard InChI is InChI=1S/C16H17N3O2/c17-8-13-3-1-5-16(7-13)21-12-15(20)11-19-10-14-4-2-6-18-9-14/h1-7,9,15,19-20H,10-12H2. The van der Waals surface area contributed by atoms with Gasteiger partial charge in [-0.1, -0.05) is 12.1 Å². The number of ether oxygens (including phenoxy) is 1. The molecule has 1 aromatic heterocycles. The van der Waals surface area contributed by atoms with Crippen LogP contribution in [0.2, 0.25) is 0 Å². The Hall–Kier alpha value is -2.42. The second kappa shape index (κ2) is 8.00. The van der Waals surface area contributed by atoms with Gasteiger partial charge in [0.05, 0.1) is 11.6 Å². The van der Waals surface area contributed by atoms with E-state index in [4.69, 9.17) is 10.00 Å². The molecule has 1 aromatic carbocycles. The number of hydrogen-bond acceptors (Lipinski definition) is 5. The van der Waals surface area contributed by atoms with E-state index in [9.17, 15) is 5.11 Å². The van der Waals surface area contributed by atoms with Gasteiger partial charge in [-0.2, -0.15) is 5.26 Å². The number of pyridine rings is 1. The fourth-order valence-electron chi connectivity index (χ4n) is 1.79. The third-order valence-corrected chi connectivity index (χ3v) is 2.84. The van der Waals surface area contributed by atoms with Crippen LogP contribution in [-0.2, 0) is 6.54 Å². The van der Waals surface area contributed by atoms with Crippen molar-refractivity contribution in [1.82, 2.24) is 10.3 Å². The van der Waals surface area contributed by atoms with Crippen LogP contribution in [0.5, 0.6) is 5.75 Å². The fraction of sp³-hybridized carbons (Fsp3) is 0.250. The molecule has 0 bridgehead atoms. The molecule has 0 spiro atoms. The minimum atomic E-state index is -0.618. The Morgan fingerprint density at radius 2 is 2.24 bits per heavy atom. The molecule has 2 rings (SSSR count). The number of nitriles is 1. The molecule has 1 unspecified atom stereocenters. The van der Waals surface area contributed by atoms with Crippen molar-refractivity contribution < 1.29 is 9.84 Å². The van der Waals surface area contributed by atoms with Crippen molar-refractivity contribution in [2.24, 2.45) is 0 Å². The Balaban J connectivity index is 1.70. The molecular formula is C16H17N3O2. The lowest BCUT2D eigenvalue weighted by Crippen LogP contribution is -2.31. The van der Waals surface area contributed by atoms with Crippen LogP contribution in [0.1, 0.15) is 11.1 Å². The summed E-state index contributed by atoms with van der Waals surface area (Å²) in [6.45, 7) is 1.25. The van der Waals surface area contributed by atoms with Crippen LogP contribution in [0.4, 0.5) is 0 Å². The lowest BCUT2D eigenvalue weighted by molar-refractivity contribution is 0.106. The highest BCUT2D eigenvalue weighted by Crippen LogP contribution is 2.12. The van der Waals surface area contributed by atoms with Crippen molar-refractivity contribution in [2.75, 3.05) is 13.2 Å². The van der Waals surface area contributed by atoms with Crippen molar-refractivity contribution in [3.8, 4) is 11.8 Å². The van der Waals surface area contributed by atoms with E-state index in [1.807, 2.05) is 18.2 Å². The molecule has 0 fully saturated rings. The van der Waals surface area contributed by atoms with Gasteiger partial charge >= 0.3 is 0 Å². The van der Waals surface area contributed by atoms with Gasteiger partial charge in [0.15, 0.2) is 0 Å². The number of rotatable bonds is 7. The van der Waals surface area contributed by atoms with Gasteiger partial charge < -0.3 is 15.2 Å². The van der Waals surface area contributed by atoms with Crippen LogP contribution in [0.15, 0.2) is 48.8 Å². The minimum absolute atomic E-state index is 0.176. The Morgan fingerprint density at radius 1 is 1.33 bits per heavy atom. The molecule has 2 aromatic rings. The zero-order valence-electron chi connectivity index (χ0n) is 11.6. The van der Waals surface area contributed by atoms with Gasteiger partial charge in [0.25, 0.3) is 0 Å². The molecule has 0 aliphatic heterocycles. The zero-order valence-corrected chi connectivity index (χ0v) is 11.6. The van der Waals surface area contributed by atoms with E-state index in [1.54, 1.807) is 36.7 Å². The van der Waals surface area contributed by atoms with E-state index in [1.165, 1.54) is 0 Å². The lowest BCUT2D eigenvalue weighted by Gasteiger charge is -2.13. The normalized spacial score (nSPS) is 11.6. The van der Waals surface area contributed by atoms with Gasteiger partial charge in [0.2, 0.25) is 0 Å². The van der Waals surface area contributed by atoms with Crippen molar-refractivity contribution in [3.05, 3.63) is 59.9 Å². The van der Waals surface area contributed by atoms with Gasteiger partial charge in [0.1, 0.15) is 18.5 Å². The second-order valence-corrected chi connectivity index (χ2v) is 4.60. The number of nitrogens with zero attached hydrogens (tertiary/aromatic N) is 2. The van der Waals surface area contributed by atoms with E-state index >= 15 is 0 Å². The molecule has 5 nitrogen and oxygen atoms in total. The van der Waals surface area contributed by atoms with Crippen LogP contribution < -0.4 is 10.1 Å². The maximum Gasteiger partial charge on any atom is 0.120 e. The average Bonchev–Trinajstić information content (AvgIpc) is 2.54. The van der Waals surface area contributed by atoms with Crippen molar-refractivity contribution in [1.29, 1.82) is 5.26 Å². The SMILES string of the molecule is N#Cc1cccc(OCC(O)CNCc2cccnc2)c1. The molecule has 0 amide bonds. The van der Waals surface area contributed by atoms with Crippen LogP contribution in [0.25, 0.3) is 0 Å². The summed E-state index contributed by atoms with van der Waals surface area (Å²) in [6, 6.07) is 12.8. The molecule has 0 saturated carbocycles. The highest BCUT2D eigenvalue weighted by Gasteiger charge is 2.05. The minimum Gasteiger partial charge on any atom is -0.491 e. The number of nitrogens with one attached hydrogen (secondary N) is 1. The molecule has 5 heteroatoms. The van der Waals surface area contributed by atoms with Crippen LogP contribution >= 0.6 is 0 Å². The van der Waals surface area contributed by atoms with E-state index in [0.29, 0.717) is 24.4 Å². The van der Waals surface area contributed by atoms with Crippen molar-refractivity contribution >= 4 is 0 Å². The van der Waals surface area contributed by atoms with Gasteiger partial charge in [-0.25, -0.2) is 0 Å². The van der Waals surface area contributed by atoms with E-state index in [-0.39, 0.29) is 6.61 Å². The van der Waals surface area contributed by atoms with E-state index in [2.05, 4.69) is 10.3 Å². The largest absolute Gasteiger partial charge is 0.491 e. The Morgan fingerprint density at radius 3 is 3.00 bits per heavy atom. The number of hydrogen-bond donors (Lipinski definition) is 2. The molecule has 1 heterocycles. The first-order valence-corrected chi connectivity index (χ1v) is 6.68. The van der Waals surface area contributed by atoms with Crippen LogP contribution in [0.3, 0.4) is 0 Å². The Labute approximate surface area is 123 Å². The topological polar surface area (TPSA) is 78.2 Å². The maximum atomic E-state index is 9.85. The number of aromatic nitrogens is 1. The molecule has 0 saturated heterocycles. The Kier molecular flexibility index (Phi) is 5.71. The van der Waals surface area contributed by atoms with Crippen molar-refractivity contribution in [2.45, 2.75) is 12.6 Å². The van der Waals surface area contributed by atoms with Gasteiger partial charge in [0, 0.05) is 25.5 Å². The molecule has 0 aliphatic rings. The first-order chi connectivity index (χ1) is 10.3. The predicted molar refractivity (Wildman–Crippen MR) is 78.6 cm³/mol. The van der Waals surface area contributed by atoms with Gasteiger partial charge in [-0.15, -0.1) is 0 Å². The molecule has 108 valence electrons. The first-order valence-electron chi connectivity index (χ1n) is 6.68. The maximum absolute atomic E-state index is 9.85. The number of benzene rings is 1. The summed E-state index contributed by atoms with van der Waals surface area (Å²) in [5.41, 5.74) is 1.60. The number of aliphatic hydroxyl groups is 1. The molecular weight excluding hydrogens is 266 g/mol. The fourth-order valence-corrected chi connectivity index (χ4v) is 1.79. The second-order valence-electron chi connectivity index (χ2n) is 4.60. The lowest BCUT2D eigenvalue weighted by atomic mass is 10.2. The highest BCUT2D eigenvalue weighted by atomic mass is 16.5. The summed E-state index contributed by atoms with van der Waals surface area (Å²) < 4.78 is 5.46. The molecule has 0 radical (unpaired) electrons. The van der Waals surface area contributed by atoms with Gasteiger partial charge in [-0.3, -0.25) is 4.98 Å². The van der Waals surface area contributed by atoms with E-state index in [0.717, 1.165) is 5.56 Å². The summed E-state index contributed by atoms with van der Waals surface area (Å²) in [6.07, 6.45) is 2.89. The average molecular weight is 283 g/mol. The van der Waals surface area contributed by atoms with Crippen LogP contribution in [0, 0.1) is 11.3 Å². The van der Waals surface area contributed by atoms with Crippen molar-refractivity contribution in [3.63, 3.8) is 0 Å². The summed E-state index contributed by atoms with van der Waals surface area (Å²) >= 11 is 0. The highest BCUT2D eigenvalue weighted by molar-refractivity contribution is 5.36. The monoisotopic (exact) mass is 283 g/mol. The third-order valence-electron chi connectivity index (χ3n) is 2.84. The quantitative estimate of drug-likeness (QED) is 0.805. The zero-order chi connectivity index (χ0) is 14.9.